The van der Waals surface area contributed by atoms with Crippen LogP contribution in [0.4, 0.5) is 0 Å². The topological polar surface area (TPSA) is 38.3 Å². The molecule has 1 atom stereocenters. The number of ether oxygens (including phenoxy) is 1. The van der Waals surface area contributed by atoms with E-state index in [9.17, 15) is 4.79 Å². The van der Waals surface area contributed by atoms with Crippen LogP contribution < -0.4 is 5.32 Å². The van der Waals surface area contributed by atoms with E-state index < -0.39 is 0 Å². The Balaban J connectivity index is 2.38. The first-order valence-electron chi connectivity index (χ1n) is 6.29. The molecule has 1 N–H and O–H groups in total. The van der Waals surface area contributed by atoms with E-state index in [1.807, 2.05) is 13.8 Å². The van der Waals surface area contributed by atoms with Crippen LogP contribution >= 0.6 is 0 Å². The van der Waals surface area contributed by atoms with Crippen molar-refractivity contribution >= 4 is 5.97 Å². The zero-order valence-electron chi connectivity index (χ0n) is 11.1. The maximum Gasteiger partial charge on any atom is 0.323 e. The third kappa shape index (κ3) is 3.21. The van der Waals surface area contributed by atoms with Crippen molar-refractivity contribution in [2.45, 2.75) is 52.6 Å². The van der Waals surface area contributed by atoms with Crippen molar-refractivity contribution in [3.8, 4) is 0 Å². The van der Waals surface area contributed by atoms with Gasteiger partial charge in [0, 0.05) is 6.04 Å². The van der Waals surface area contributed by atoms with Crippen molar-refractivity contribution in [2.75, 3.05) is 7.11 Å². The Hall–Kier alpha value is -0.570. The van der Waals surface area contributed by atoms with Crippen LogP contribution in [-0.4, -0.2) is 25.2 Å². The Morgan fingerprint density at radius 1 is 1.25 bits per heavy atom. The Kier molecular flexibility index (Phi) is 4.78. The highest BCUT2D eigenvalue weighted by Gasteiger charge is 2.35. The highest BCUT2D eigenvalue weighted by atomic mass is 16.5. The van der Waals surface area contributed by atoms with Crippen molar-refractivity contribution in [1.29, 1.82) is 0 Å². The molecule has 1 aliphatic carbocycles. The van der Waals surface area contributed by atoms with E-state index in [4.69, 9.17) is 4.74 Å². The molecule has 16 heavy (non-hydrogen) atoms. The number of methoxy groups -OCH3 is 1. The Morgan fingerprint density at radius 3 is 2.19 bits per heavy atom. The number of carbonyl (C=O) groups is 1. The van der Waals surface area contributed by atoms with Crippen LogP contribution in [0.25, 0.3) is 0 Å². The summed E-state index contributed by atoms with van der Waals surface area (Å²) in [6.07, 6.45) is 2.38. The van der Waals surface area contributed by atoms with Gasteiger partial charge in [-0.1, -0.05) is 27.7 Å². The first-order chi connectivity index (χ1) is 7.45. The van der Waals surface area contributed by atoms with Crippen molar-refractivity contribution in [2.24, 2.45) is 17.8 Å². The lowest BCUT2D eigenvalue weighted by Crippen LogP contribution is -2.52. The fourth-order valence-corrected chi connectivity index (χ4v) is 2.26. The average Bonchev–Trinajstić information content (AvgIpc) is 2.13. The van der Waals surface area contributed by atoms with Crippen LogP contribution in [-0.2, 0) is 9.53 Å². The summed E-state index contributed by atoms with van der Waals surface area (Å²) in [5.41, 5.74) is 0. The van der Waals surface area contributed by atoms with E-state index >= 15 is 0 Å². The SMILES string of the molecule is COC(=O)[C@@H](NC1CC(C(C)C)C1)C(C)C. The molecule has 1 rings (SSSR count). The molecule has 1 saturated carbocycles. The second kappa shape index (κ2) is 5.67. The summed E-state index contributed by atoms with van der Waals surface area (Å²) >= 11 is 0. The molecule has 0 aromatic rings. The molecule has 0 amide bonds. The molecule has 0 heterocycles. The minimum Gasteiger partial charge on any atom is -0.468 e. The minimum atomic E-state index is -0.150. The lowest BCUT2D eigenvalue weighted by Gasteiger charge is -2.40. The van der Waals surface area contributed by atoms with Crippen LogP contribution in [0.1, 0.15) is 40.5 Å². The van der Waals surface area contributed by atoms with Gasteiger partial charge in [-0.2, -0.15) is 0 Å². The first-order valence-corrected chi connectivity index (χ1v) is 6.29. The van der Waals surface area contributed by atoms with Crippen LogP contribution in [0.5, 0.6) is 0 Å². The molecule has 3 nitrogen and oxygen atoms in total. The lowest BCUT2D eigenvalue weighted by atomic mass is 9.73. The fraction of sp³-hybridized carbons (Fsp3) is 0.923. The average molecular weight is 227 g/mol. The van der Waals surface area contributed by atoms with Crippen LogP contribution in [0.15, 0.2) is 0 Å². The Bertz CT molecular complexity index is 232. The summed E-state index contributed by atoms with van der Waals surface area (Å²) < 4.78 is 4.82. The summed E-state index contributed by atoms with van der Waals surface area (Å²) in [6, 6.07) is 0.349. The smallest absolute Gasteiger partial charge is 0.323 e. The van der Waals surface area contributed by atoms with Crippen molar-refractivity contribution in [3.63, 3.8) is 0 Å². The molecule has 0 saturated heterocycles. The number of nitrogens with one attached hydrogen (secondary N) is 1. The van der Waals surface area contributed by atoms with E-state index in [0.717, 1.165) is 11.8 Å². The van der Waals surface area contributed by atoms with Crippen molar-refractivity contribution < 1.29 is 9.53 Å². The van der Waals surface area contributed by atoms with E-state index in [-0.39, 0.29) is 17.9 Å². The van der Waals surface area contributed by atoms with Gasteiger partial charge in [-0.05, 0) is 30.6 Å². The summed E-state index contributed by atoms with van der Waals surface area (Å²) in [5.74, 6) is 1.73. The normalized spacial score (nSPS) is 26.7. The molecular weight excluding hydrogens is 202 g/mol. The number of rotatable bonds is 5. The van der Waals surface area contributed by atoms with Crippen molar-refractivity contribution in [3.05, 3.63) is 0 Å². The second-order valence-electron chi connectivity index (χ2n) is 5.58. The predicted molar refractivity (Wildman–Crippen MR) is 65.1 cm³/mol. The molecule has 1 aliphatic rings. The molecule has 0 spiro atoms. The molecule has 0 unspecified atom stereocenters. The third-order valence-corrected chi connectivity index (χ3v) is 3.65. The minimum absolute atomic E-state index is 0.136. The van der Waals surface area contributed by atoms with Gasteiger partial charge in [0.2, 0.25) is 0 Å². The maximum atomic E-state index is 11.6. The molecule has 0 aliphatic heterocycles. The Labute approximate surface area is 98.9 Å². The van der Waals surface area contributed by atoms with E-state index in [2.05, 4.69) is 19.2 Å². The first kappa shape index (κ1) is 13.5. The quantitative estimate of drug-likeness (QED) is 0.732. The van der Waals surface area contributed by atoms with Gasteiger partial charge >= 0.3 is 5.97 Å². The van der Waals surface area contributed by atoms with E-state index in [1.54, 1.807) is 0 Å². The van der Waals surface area contributed by atoms with Crippen LogP contribution in [0.2, 0.25) is 0 Å². The van der Waals surface area contributed by atoms with Crippen LogP contribution in [0, 0.1) is 17.8 Å². The van der Waals surface area contributed by atoms with Gasteiger partial charge in [0.25, 0.3) is 0 Å². The van der Waals surface area contributed by atoms with E-state index in [0.29, 0.717) is 6.04 Å². The standard InChI is InChI=1S/C13H25NO2/c1-8(2)10-6-11(7-10)14-12(9(3)4)13(15)16-5/h8-12,14H,6-7H2,1-5H3/t10?,11?,12-/m0/s1. The Morgan fingerprint density at radius 2 is 1.81 bits per heavy atom. The summed E-state index contributed by atoms with van der Waals surface area (Å²) in [6.45, 7) is 8.63. The van der Waals surface area contributed by atoms with Gasteiger partial charge in [-0.25, -0.2) is 0 Å². The van der Waals surface area contributed by atoms with E-state index in [1.165, 1.54) is 20.0 Å². The summed E-state index contributed by atoms with van der Waals surface area (Å²) in [5, 5.41) is 3.41. The predicted octanol–water partition coefficient (Wildman–Crippen LogP) is 2.21. The van der Waals surface area contributed by atoms with Crippen molar-refractivity contribution in [1.82, 2.24) is 5.32 Å². The third-order valence-electron chi connectivity index (χ3n) is 3.65. The molecule has 3 heteroatoms. The second-order valence-corrected chi connectivity index (χ2v) is 5.58. The largest absolute Gasteiger partial charge is 0.468 e. The number of hydrogen-bond acceptors (Lipinski definition) is 3. The molecule has 0 radical (unpaired) electrons. The van der Waals surface area contributed by atoms with Gasteiger partial charge < -0.3 is 10.1 Å². The van der Waals surface area contributed by atoms with Gasteiger partial charge in [-0.15, -0.1) is 0 Å². The van der Waals surface area contributed by atoms with Gasteiger partial charge in [-0.3, -0.25) is 4.79 Å². The number of esters is 1. The monoisotopic (exact) mass is 227 g/mol. The summed E-state index contributed by atoms with van der Waals surface area (Å²) in [7, 11) is 1.46. The maximum absolute atomic E-state index is 11.6. The fourth-order valence-electron chi connectivity index (χ4n) is 2.26. The zero-order chi connectivity index (χ0) is 12.3. The molecular formula is C13H25NO2. The molecule has 1 fully saturated rings. The highest BCUT2D eigenvalue weighted by molar-refractivity contribution is 5.76. The molecule has 94 valence electrons. The van der Waals surface area contributed by atoms with Gasteiger partial charge in [0.1, 0.15) is 6.04 Å². The molecule has 0 bridgehead atoms. The van der Waals surface area contributed by atoms with Gasteiger partial charge in [0.05, 0.1) is 7.11 Å². The number of carbonyl (C=O) groups excluding carboxylic acids is 1. The van der Waals surface area contributed by atoms with Crippen LogP contribution in [0.3, 0.4) is 0 Å². The van der Waals surface area contributed by atoms with Gasteiger partial charge in [0.15, 0.2) is 0 Å². The lowest BCUT2D eigenvalue weighted by molar-refractivity contribution is -0.145. The highest BCUT2D eigenvalue weighted by Crippen LogP contribution is 2.34. The summed E-state index contributed by atoms with van der Waals surface area (Å²) in [4.78, 5) is 11.6. The zero-order valence-corrected chi connectivity index (χ0v) is 11.1. The molecule has 0 aromatic heterocycles. The molecule has 0 aromatic carbocycles. The number of hydrogen-bond donors (Lipinski definition) is 1.